The first-order valence-electron chi connectivity index (χ1n) is 5.21. The molecule has 6 heteroatoms. The molecule has 0 saturated carbocycles. The highest BCUT2D eigenvalue weighted by molar-refractivity contribution is 7.80. The number of phenolic OH excluding ortho intramolecular Hbond substituents is 3. The average Bonchev–Trinajstić information content (AvgIpc) is 2.35. The molecule has 5 nitrogen and oxygen atoms in total. The van der Waals surface area contributed by atoms with Crippen LogP contribution in [-0.2, 0) is 4.74 Å². The predicted octanol–water partition coefficient (Wildman–Crippen LogP) is 0.811. The first-order chi connectivity index (χ1) is 8.09. The molecule has 0 bridgehead atoms. The minimum atomic E-state index is -0.529. The molecule has 0 spiro atoms. The number of thiocarbonyl (C=S) groups is 1. The van der Waals surface area contributed by atoms with Crippen LogP contribution in [0.1, 0.15) is 5.56 Å². The molecule has 17 heavy (non-hydrogen) atoms. The third kappa shape index (κ3) is 2.42. The van der Waals surface area contributed by atoms with E-state index < -0.39 is 5.75 Å². The van der Waals surface area contributed by atoms with Crippen LogP contribution in [0.3, 0.4) is 0 Å². The van der Waals surface area contributed by atoms with Crippen LogP contribution in [0.5, 0.6) is 17.2 Å². The maximum Gasteiger partial charge on any atom is 0.200 e. The fourth-order valence-electron chi connectivity index (χ4n) is 1.68. The molecular formula is C11H13NO4S. The summed E-state index contributed by atoms with van der Waals surface area (Å²) in [7, 11) is 0. The number of phenols is 3. The number of aromatic hydroxyl groups is 3. The van der Waals surface area contributed by atoms with Crippen molar-refractivity contribution in [3.63, 3.8) is 0 Å². The van der Waals surface area contributed by atoms with E-state index in [0.717, 1.165) is 0 Å². The van der Waals surface area contributed by atoms with Gasteiger partial charge in [-0.15, -0.1) is 0 Å². The quantitative estimate of drug-likeness (QED) is 0.509. The van der Waals surface area contributed by atoms with Gasteiger partial charge in [-0.1, -0.05) is 12.2 Å². The number of hydrogen-bond acceptors (Lipinski definition) is 5. The van der Waals surface area contributed by atoms with Crippen molar-refractivity contribution in [3.05, 3.63) is 17.7 Å². The van der Waals surface area contributed by atoms with Crippen LogP contribution < -0.4 is 0 Å². The lowest BCUT2D eigenvalue weighted by molar-refractivity contribution is 0.0693. The van der Waals surface area contributed by atoms with Crippen LogP contribution >= 0.6 is 12.2 Å². The highest BCUT2D eigenvalue weighted by Gasteiger charge is 2.17. The summed E-state index contributed by atoms with van der Waals surface area (Å²) in [5.74, 6) is -1.29. The summed E-state index contributed by atoms with van der Waals surface area (Å²) in [4.78, 5) is 2.46. The van der Waals surface area contributed by atoms with Crippen molar-refractivity contribution in [3.8, 4) is 17.2 Å². The summed E-state index contributed by atoms with van der Waals surface area (Å²) in [6.07, 6.45) is 0. The van der Waals surface area contributed by atoms with Crippen molar-refractivity contribution in [2.24, 2.45) is 0 Å². The minimum Gasteiger partial charge on any atom is -0.504 e. The van der Waals surface area contributed by atoms with Gasteiger partial charge in [0.1, 0.15) is 4.99 Å². The van der Waals surface area contributed by atoms with Gasteiger partial charge in [-0.25, -0.2) is 0 Å². The van der Waals surface area contributed by atoms with Crippen LogP contribution in [-0.4, -0.2) is 51.5 Å². The van der Waals surface area contributed by atoms with E-state index in [1.807, 2.05) is 4.90 Å². The van der Waals surface area contributed by atoms with Gasteiger partial charge in [0, 0.05) is 18.7 Å². The molecule has 1 heterocycles. The van der Waals surface area contributed by atoms with Crippen LogP contribution in [0.15, 0.2) is 12.1 Å². The third-order valence-corrected chi connectivity index (χ3v) is 3.11. The number of morpholine rings is 1. The van der Waals surface area contributed by atoms with Crippen LogP contribution in [0.4, 0.5) is 0 Å². The third-order valence-electron chi connectivity index (χ3n) is 2.61. The van der Waals surface area contributed by atoms with Gasteiger partial charge in [0.2, 0.25) is 0 Å². The van der Waals surface area contributed by atoms with E-state index in [1.165, 1.54) is 12.1 Å². The lowest BCUT2D eigenvalue weighted by Crippen LogP contribution is -2.40. The maximum atomic E-state index is 9.42. The fraction of sp³-hybridized carbons (Fsp3) is 0.364. The molecule has 1 aliphatic rings. The largest absolute Gasteiger partial charge is 0.504 e. The van der Waals surface area contributed by atoms with Crippen molar-refractivity contribution < 1.29 is 20.1 Å². The number of rotatable bonds is 1. The number of ether oxygens (including phenoxy) is 1. The van der Waals surface area contributed by atoms with Crippen LogP contribution in [0.2, 0.25) is 0 Å². The molecule has 1 fully saturated rings. The van der Waals surface area contributed by atoms with Crippen molar-refractivity contribution in [2.45, 2.75) is 0 Å². The predicted molar refractivity (Wildman–Crippen MR) is 65.5 cm³/mol. The Morgan fingerprint density at radius 3 is 2.18 bits per heavy atom. The molecule has 2 rings (SSSR count). The van der Waals surface area contributed by atoms with E-state index in [9.17, 15) is 15.3 Å². The Hall–Kier alpha value is -1.53. The van der Waals surface area contributed by atoms with Crippen molar-refractivity contribution in [2.75, 3.05) is 26.3 Å². The van der Waals surface area contributed by atoms with Gasteiger partial charge in [0.25, 0.3) is 0 Å². The van der Waals surface area contributed by atoms with E-state index in [-0.39, 0.29) is 11.5 Å². The van der Waals surface area contributed by atoms with E-state index in [1.54, 1.807) is 0 Å². The van der Waals surface area contributed by atoms with Crippen molar-refractivity contribution >= 4 is 17.2 Å². The Bertz CT molecular complexity index is 420. The van der Waals surface area contributed by atoms with Gasteiger partial charge in [-0.05, 0) is 12.1 Å². The second-order valence-electron chi connectivity index (χ2n) is 3.77. The zero-order valence-electron chi connectivity index (χ0n) is 9.09. The molecule has 0 aromatic heterocycles. The molecule has 1 saturated heterocycles. The van der Waals surface area contributed by atoms with E-state index in [4.69, 9.17) is 17.0 Å². The summed E-state index contributed by atoms with van der Waals surface area (Å²) >= 11 is 5.27. The first-order valence-corrected chi connectivity index (χ1v) is 5.62. The molecule has 0 radical (unpaired) electrons. The number of benzene rings is 1. The standard InChI is InChI=1S/C11H13NO4S/c13-8-5-7(6-9(14)10(8)15)11(17)12-1-3-16-4-2-12/h5-6,13-15H,1-4H2. The molecule has 3 N–H and O–H groups in total. The molecule has 1 aliphatic heterocycles. The number of hydrogen-bond donors (Lipinski definition) is 3. The topological polar surface area (TPSA) is 73.2 Å². The maximum absolute atomic E-state index is 9.42. The second kappa shape index (κ2) is 4.77. The Morgan fingerprint density at radius 2 is 1.65 bits per heavy atom. The zero-order valence-corrected chi connectivity index (χ0v) is 9.90. The monoisotopic (exact) mass is 255 g/mol. The molecule has 0 atom stereocenters. The van der Waals surface area contributed by atoms with Gasteiger partial charge < -0.3 is 25.0 Å². The summed E-state index contributed by atoms with van der Waals surface area (Å²) < 4.78 is 5.21. The Morgan fingerprint density at radius 1 is 1.12 bits per heavy atom. The molecule has 1 aromatic rings. The molecule has 0 unspecified atom stereocenters. The lowest BCUT2D eigenvalue weighted by atomic mass is 10.1. The van der Waals surface area contributed by atoms with Crippen molar-refractivity contribution in [1.29, 1.82) is 0 Å². The summed E-state index contributed by atoms with van der Waals surface area (Å²) in [6.45, 7) is 2.58. The van der Waals surface area contributed by atoms with Crippen LogP contribution in [0, 0.1) is 0 Å². The van der Waals surface area contributed by atoms with Crippen molar-refractivity contribution in [1.82, 2.24) is 4.90 Å². The van der Waals surface area contributed by atoms with E-state index in [2.05, 4.69) is 0 Å². The van der Waals surface area contributed by atoms with Gasteiger partial charge in [-0.2, -0.15) is 0 Å². The van der Waals surface area contributed by atoms with Gasteiger partial charge in [0.05, 0.1) is 13.2 Å². The number of nitrogens with zero attached hydrogens (tertiary/aromatic N) is 1. The Balaban J connectivity index is 2.24. The smallest absolute Gasteiger partial charge is 0.200 e. The fourth-order valence-corrected chi connectivity index (χ4v) is 1.98. The zero-order chi connectivity index (χ0) is 12.4. The molecule has 1 aromatic carbocycles. The molecule has 0 amide bonds. The van der Waals surface area contributed by atoms with E-state index in [0.29, 0.717) is 36.9 Å². The van der Waals surface area contributed by atoms with Gasteiger partial charge >= 0.3 is 0 Å². The highest BCUT2D eigenvalue weighted by Crippen LogP contribution is 2.35. The second-order valence-corrected chi connectivity index (χ2v) is 4.15. The summed E-state index contributed by atoms with van der Waals surface area (Å²) in [6, 6.07) is 2.68. The Labute approximate surface area is 104 Å². The molecule has 0 aliphatic carbocycles. The summed E-state index contributed by atoms with van der Waals surface area (Å²) in [5, 5.41) is 28.1. The SMILES string of the molecule is Oc1cc(C(=S)N2CCOCC2)cc(O)c1O. The normalized spacial score (nSPS) is 15.9. The first kappa shape index (κ1) is 11.9. The molecule has 92 valence electrons. The Kier molecular flexibility index (Phi) is 3.35. The minimum absolute atomic E-state index is 0.379. The lowest BCUT2D eigenvalue weighted by Gasteiger charge is -2.29. The average molecular weight is 255 g/mol. The van der Waals surface area contributed by atoms with Gasteiger partial charge in [-0.3, -0.25) is 0 Å². The van der Waals surface area contributed by atoms with Crippen LogP contribution in [0.25, 0.3) is 0 Å². The van der Waals surface area contributed by atoms with E-state index >= 15 is 0 Å². The molecular weight excluding hydrogens is 242 g/mol. The highest BCUT2D eigenvalue weighted by atomic mass is 32.1. The van der Waals surface area contributed by atoms with Gasteiger partial charge in [0.15, 0.2) is 17.2 Å². The summed E-state index contributed by atoms with van der Waals surface area (Å²) in [5.41, 5.74) is 0.509.